The Morgan fingerprint density at radius 1 is 1.38 bits per heavy atom. The summed E-state index contributed by atoms with van der Waals surface area (Å²) in [5.74, 6) is -0.365. The van der Waals surface area contributed by atoms with E-state index in [-0.39, 0.29) is 22.5 Å². The number of hydrogen-bond donors (Lipinski definition) is 2. The molecular weight excluding hydrogens is 373 g/mol. The summed E-state index contributed by atoms with van der Waals surface area (Å²) in [6.07, 6.45) is 2.07. The van der Waals surface area contributed by atoms with Crippen LogP contribution >= 0.6 is 23.1 Å². The zero-order valence-electron chi connectivity index (χ0n) is 13.9. The fraction of sp³-hybridized carbons (Fsp3) is 0.278. The van der Waals surface area contributed by atoms with Crippen molar-refractivity contribution in [1.29, 1.82) is 0 Å². The van der Waals surface area contributed by atoms with Crippen molar-refractivity contribution in [1.82, 2.24) is 15.3 Å². The van der Waals surface area contributed by atoms with Crippen molar-refractivity contribution >= 4 is 39.2 Å². The number of fused-ring (bicyclic) bond motifs is 1. The molecule has 3 aromatic rings. The van der Waals surface area contributed by atoms with E-state index in [4.69, 9.17) is 0 Å². The van der Waals surface area contributed by atoms with Gasteiger partial charge in [-0.25, -0.2) is 9.37 Å². The van der Waals surface area contributed by atoms with Crippen LogP contribution in [-0.4, -0.2) is 27.2 Å². The Bertz CT molecular complexity index is 1030. The third kappa shape index (κ3) is 3.52. The molecule has 1 amide bonds. The van der Waals surface area contributed by atoms with E-state index in [2.05, 4.69) is 15.3 Å². The van der Waals surface area contributed by atoms with Crippen molar-refractivity contribution in [2.45, 2.75) is 36.2 Å². The van der Waals surface area contributed by atoms with E-state index >= 15 is 0 Å². The molecule has 1 atom stereocenters. The molecule has 0 saturated heterocycles. The largest absolute Gasteiger partial charge is 0.352 e. The van der Waals surface area contributed by atoms with Crippen LogP contribution in [-0.2, 0) is 4.79 Å². The highest BCUT2D eigenvalue weighted by Crippen LogP contribution is 2.32. The predicted molar refractivity (Wildman–Crippen MR) is 102 cm³/mol. The third-order valence-electron chi connectivity index (χ3n) is 4.16. The first-order valence-electron chi connectivity index (χ1n) is 8.26. The van der Waals surface area contributed by atoms with Crippen LogP contribution in [0.5, 0.6) is 0 Å². The van der Waals surface area contributed by atoms with E-state index < -0.39 is 0 Å². The Hall–Kier alpha value is -2.19. The number of halogens is 1. The van der Waals surface area contributed by atoms with Gasteiger partial charge in [-0.05, 0) is 37.5 Å². The summed E-state index contributed by atoms with van der Waals surface area (Å²) >= 11 is 2.59. The van der Waals surface area contributed by atoms with E-state index in [1.165, 1.54) is 35.2 Å². The lowest BCUT2D eigenvalue weighted by Gasteiger charge is -2.10. The quantitative estimate of drug-likeness (QED) is 0.517. The van der Waals surface area contributed by atoms with Gasteiger partial charge in [-0.2, -0.15) is 0 Å². The minimum Gasteiger partial charge on any atom is -0.352 e. The third-order valence-corrected chi connectivity index (χ3v) is 6.02. The molecule has 2 N–H and O–H groups in total. The zero-order chi connectivity index (χ0) is 18.3. The van der Waals surface area contributed by atoms with Crippen molar-refractivity contribution < 1.29 is 9.18 Å². The van der Waals surface area contributed by atoms with Crippen LogP contribution in [0.4, 0.5) is 4.39 Å². The van der Waals surface area contributed by atoms with E-state index in [9.17, 15) is 14.0 Å². The first kappa shape index (κ1) is 17.2. The molecular formula is C18H16FN3O2S2. The lowest BCUT2D eigenvalue weighted by molar-refractivity contribution is -0.120. The number of aromatic nitrogens is 2. The SMILES string of the molecule is C[C@@H](Sc1nc2scc(-c3ccc(F)cc3)c2c(=O)[nH]1)C(=O)NC1CC1. The van der Waals surface area contributed by atoms with E-state index in [1.54, 1.807) is 19.1 Å². The number of carbonyl (C=O) groups excluding carboxylic acids is 1. The van der Waals surface area contributed by atoms with Gasteiger partial charge in [0.15, 0.2) is 5.16 Å². The number of thioether (sulfide) groups is 1. The molecule has 4 rings (SSSR count). The highest BCUT2D eigenvalue weighted by Gasteiger charge is 2.26. The average Bonchev–Trinajstić information content (AvgIpc) is 3.31. The molecule has 0 spiro atoms. The molecule has 1 aliphatic rings. The Balaban J connectivity index is 1.62. The van der Waals surface area contributed by atoms with Crippen LogP contribution in [0.25, 0.3) is 21.3 Å². The standard InChI is InChI=1S/C18H16FN3O2S2/c1-9(15(23)20-12-6-7-12)26-18-21-16(24)14-13(8-25-17(14)22-18)10-2-4-11(19)5-3-10/h2-5,8-9,12H,6-7H2,1H3,(H,20,23)(H,21,22,24)/t9-/m1/s1. The van der Waals surface area contributed by atoms with Crippen molar-refractivity contribution in [3.63, 3.8) is 0 Å². The molecule has 5 nitrogen and oxygen atoms in total. The molecule has 1 aliphatic carbocycles. The molecule has 0 bridgehead atoms. The molecule has 1 fully saturated rings. The van der Waals surface area contributed by atoms with Crippen LogP contribution in [0, 0.1) is 5.82 Å². The number of thiophene rings is 1. The maximum atomic E-state index is 13.1. The molecule has 1 aromatic carbocycles. The zero-order valence-corrected chi connectivity index (χ0v) is 15.5. The lowest BCUT2D eigenvalue weighted by Crippen LogP contribution is -2.32. The van der Waals surface area contributed by atoms with Gasteiger partial charge in [0, 0.05) is 17.0 Å². The summed E-state index contributed by atoms with van der Waals surface area (Å²) in [5, 5.41) is 5.36. The summed E-state index contributed by atoms with van der Waals surface area (Å²) in [6, 6.07) is 6.32. The number of rotatable bonds is 5. The fourth-order valence-electron chi connectivity index (χ4n) is 2.59. The van der Waals surface area contributed by atoms with Crippen LogP contribution in [0.1, 0.15) is 19.8 Å². The predicted octanol–water partition coefficient (Wildman–Crippen LogP) is 3.55. The van der Waals surface area contributed by atoms with Gasteiger partial charge >= 0.3 is 0 Å². The number of aromatic amines is 1. The highest BCUT2D eigenvalue weighted by molar-refractivity contribution is 8.00. The van der Waals surface area contributed by atoms with Gasteiger partial charge in [0.05, 0.1) is 10.6 Å². The fourth-order valence-corrected chi connectivity index (χ4v) is 4.41. The number of hydrogen-bond acceptors (Lipinski definition) is 5. The second-order valence-corrected chi connectivity index (χ2v) is 8.44. The van der Waals surface area contributed by atoms with Gasteiger partial charge in [0.25, 0.3) is 5.56 Å². The Morgan fingerprint density at radius 3 is 2.81 bits per heavy atom. The van der Waals surface area contributed by atoms with Crippen LogP contribution in [0.2, 0.25) is 0 Å². The van der Waals surface area contributed by atoms with Crippen LogP contribution in [0.15, 0.2) is 39.6 Å². The second-order valence-electron chi connectivity index (χ2n) is 6.25. The average molecular weight is 389 g/mol. The van der Waals surface area contributed by atoms with Crippen molar-refractivity contribution in [2.75, 3.05) is 0 Å². The summed E-state index contributed by atoms with van der Waals surface area (Å²) in [4.78, 5) is 32.5. The van der Waals surface area contributed by atoms with Crippen molar-refractivity contribution in [2.24, 2.45) is 0 Å². The molecule has 0 radical (unpaired) electrons. The lowest BCUT2D eigenvalue weighted by atomic mass is 10.1. The maximum absolute atomic E-state index is 13.1. The normalized spacial score (nSPS) is 15.2. The highest BCUT2D eigenvalue weighted by atomic mass is 32.2. The summed E-state index contributed by atoms with van der Waals surface area (Å²) in [5.41, 5.74) is 1.24. The van der Waals surface area contributed by atoms with Gasteiger partial charge in [0.1, 0.15) is 10.6 Å². The minimum absolute atomic E-state index is 0.0431. The first-order chi connectivity index (χ1) is 12.5. The molecule has 0 aliphatic heterocycles. The molecule has 1 saturated carbocycles. The topological polar surface area (TPSA) is 74.8 Å². The Labute approximate surface area is 157 Å². The maximum Gasteiger partial charge on any atom is 0.260 e. The first-order valence-corrected chi connectivity index (χ1v) is 10.0. The van der Waals surface area contributed by atoms with E-state index in [0.717, 1.165) is 24.0 Å². The summed E-state index contributed by atoms with van der Waals surface area (Å²) < 4.78 is 13.1. The van der Waals surface area contributed by atoms with Gasteiger partial charge < -0.3 is 10.3 Å². The smallest absolute Gasteiger partial charge is 0.260 e. The molecule has 2 aromatic heterocycles. The molecule has 0 unspecified atom stereocenters. The minimum atomic E-state index is -0.340. The van der Waals surface area contributed by atoms with E-state index in [0.29, 0.717) is 21.4 Å². The molecule has 134 valence electrons. The van der Waals surface area contributed by atoms with Gasteiger partial charge in [-0.3, -0.25) is 9.59 Å². The number of H-pyrrole nitrogens is 1. The van der Waals surface area contributed by atoms with Gasteiger partial charge in [-0.15, -0.1) is 11.3 Å². The Morgan fingerprint density at radius 2 is 2.12 bits per heavy atom. The number of nitrogens with one attached hydrogen (secondary N) is 2. The molecule has 8 heteroatoms. The van der Waals surface area contributed by atoms with Crippen LogP contribution < -0.4 is 10.9 Å². The molecule has 2 heterocycles. The summed E-state index contributed by atoms with van der Waals surface area (Å²) in [6.45, 7) is 1.80. The second kappa shape index (κ2) is 6.85. The molecule has 26 heavy (non-hydrogen) atoms. The number of carbonyl (C=O) groups is 1. The van der Waals surface area contributed by atoms with Gasteiger partial charge in [0.2, 0.25) is 5.91 Å². The van der Waals surface area contributed by atoms with Gasteiger partial charge in [-0.1, -0.05) is 23.9 Å². The number of benzene rings is 1. The Kier molecular flexibility index (Phi) is 4.54. The van der Waals surface area contributed by atoms with Crippen LogP contribution in [0.3, 0.4) is 0 Å². The summed E-state index contributed by atoms with van der Waals surface area (Å²) in [7, 11) is 0. The number of nitrogens with zero attached hydrogens (tertiary/aromatic N) is 1. The van der Waals surface area contributed by atoms with Crippen molar-refractivity contribution in [3.05, 3.63) is 45.8 Å². The number of amides is 1. The monoisotopic (exact) mass is 389 g/mol. The van der Waals surface area contributed by atoms with Crippen molar-refractivity contribution in [3.8, 4) is 11.1 Å². The van der Waals surface area contributed by atoms with E-state index in [1.807, 2.05) is 5.38 Å².